The SMILES string of the molecule is C=CCOc1ccc(OC(C)=O)c2c1N(C)C(=O)CC2. The second-order valence-corrected chi connectivity index (χ2v) is 4.54. The summed E-state index contributed by atoms with van der Waals surface area (Å²) in [5, 5.41) is 0. The molecule has 1 amide bonds. The number of benzene rings is 1. The van der Waals surface area contributed by atoms with E-state index in [0.29, 0.717) is 36.6 Å². The molecule has 20 heavy (non-hydrogen) atoms. The lowest BCUT2D eigenvalue weighted by Gasteiger charge is -2.29. The molecule has 0 saturated heterocycles. The lowest BCUT2D eigenvalue weighted by atomic mass is 9.99. The van der Waals surface area contributed by atoms with E-state index in [1.807, 2.05) is 0 Å². The summed E-state index contributed by atoms with van der Waals surface area (Å²) in [5.41, 5.74) is 1.49. The van der Waals surface area contributed by atoms with Gasteiger partial charge in [-0.15, -0.1) is 0 Å². The average molecular weight is 275 g/mol. The van der Waals surface area contributed by atoms with Gasteiger partial charge in [0.05, 0.1) is 5.69 Å². The molecule has 106 valence electrons. The van der Waals surface area contributed by atoms with Gasteiger partial charge in [-0.3, -0.25) is 9.59 Å². The number of nitrogens with zero attached hydrogens (tertiary/aromatic N) is 1. The van der Waals surface area contributed by atoms with Crippen LogP contribution >= 0.6 is 0 Å². The van der Waals surface area contributed by atoms with Gasteiger partial charge in [-0.1, -0.05) is 12.7 Å². The summed E-state index contributed by atoms with van der Waals surface area (Å²) >= 11 is 0. The van der Waals surface area contributed by atoms with Gasteiger partial charge in [-0.05, 0) is 18.6 Å². The summed E-state index contributed by atoms with van der Waals surface area (Å²) in [7, 11) is 1.69. The molecule has 1 aromatic carbocycles. The van der Waals surface area contributed by atoms with Crippen molar-refractivity contribution in [1.29, 1.82) is 0 Å². The zero-order chi connectivity index (χ0) is 14.7. The van der Waals surface area contributed by atoms with Gasteiger partial charge in [-0.25, -0.2) is 0 Å². The molecule has 0 atom stereocenters. The van der Waals surface area contributed by atoms with E-state index >= 15 is 0 Å². The highest BCUT2D eigenvalue weighted by Crippen LogP contribution is 2.41. The number of carbonyl (C=O) groups is 2. The van der Waals surface area contributed by atoms with E-state index < -0.39 is 0 Å². The summed E-state index contributed by atoms with van der Waals surface area (Å²) in [4.78, 5) is 24.6. The first kappa shape index (κ1) is 14.1. The summed E-state index contributed by atoms with van der Waals surface area (Å²) in [6.07, 6.45) is 2.56. The Kier molecular flexibility index (Phi) is 4.08. The maximum atomic E-state index is 11.9. The number of amides is 1. The van der Waals surface area contributed by atoms with Crippen molar-refractivity contribution in [3.05, 3.63) is 30.4 Å². The second-order valence-electron chi connectivity index (χ2n) is 4.54. The van der Waals surface area contributed by atoms with E-state index in [4.69, 9.17) is 9.47 Å². The van der Waals surface area contributed by atoms with E-state index in [9.17, 15) is 9.59 Å². The number of fused-ring (bicyclic) bond motifs is 1. The number of rotatable bonds is 4. The number of hydrogen-bond acceptors (Lipinski definition) is 4. The topological polar surface area (TPSA) is 55.8 Å². The molecule has 0 spiro atoms. The highest BCUT2D eigenvalue weighted by Gasteiger charge is 2.28. The van der Waals surface area contributed by atoms with Crippen LogP contribution in [0.2, 0.25) is 0 Å². The van der Waals surface area contributed by atoms with Crippen molar-refractivity contribution in [2.24, 2.45) is 0 Å². The Labute approximate surface area is 117 Å². The Morgan fingerprint density at radius 3 is 2.75 bits per heavy atom. The van der Waals surface area contributed by atoms with E-state index in [2.05, 4.69) is 6.58 Å². The van der Waals surface area contributed by atoms with Crippen molar-refractivity contribution < 1.29 is 19.1 Å². The van der Waals surface area contributed by atoms with Crippen molar-refractivity contribution in [1.82, 2.24) is 0 Å². The first-order valence-corrected chi connectivity index (χ1v) is 6.39. The van der Waals surface area contributed by atoms with Crippen LogP contribution < -0.4 is 14.4 Å². The minimum Gasteiger partial charge on any atom is -0.487 e. The Morgan fingerprint density at radius 2 is 2.10 bits per heavy atom. The van der Waals surface area contributed by atoms with Crippen LogP contribution in [0, 0.1) is 0 Å². The molecule has 0 aliphatic carbocycles. The molecule has 1 aliphatic heterocycles. The van der Waals surface area contributed by atoms with E-state index in [0.717, 1.165) is 5.56 Å². The molecule has 0 radical (unpaired) electrons. The van der Waals surface area contributed by atoms with Crippen LogP contribution in [-0.4, -0.2) is 25.5 Å². The Hall–Kier alpha value is -2.30. The molecular formula is C15H17NO4. The predicted molar refractivity (Wildman–Crippen MR) is 75.2 cm³/mol. The summed E-state index contributed by atoms with van der Waals surface area (Å²) < 4.78 is 10.8. The quantitative estimate of drug-likeness (QED) is 0.479. The molecule has 5 heteroatoms. The van der Waals surface area contributed by atoms with Gasteiger partial charge in [0, 0.05) is 26.0 Å². The average Bonchev–Trinajstić information content (AvgIpc) is 2.41. The number of ether oxygens (including phenoxy) is 2. The lowest BCUT2D eigenvalue weighted by molar-refractivity contribution is -0.131. The van der Waals surface area contributed by atoms with Crippen molar-refractivity contribution in [3.63, 3.8) is 0 Å². The van der Waals surface area contributed by atoms with Gasteiger partial charge in [0.2, 0.25) is 5.91 Å². The normalized spacial score (nSPS) is 13.7. The van der Waals surface area contributed by atoms with Crippen molar-refractivity contribution in [3.8, 4) is 11.5 Å². The monoisotopic (exact) mass is 275 g/mol. The smallest absolute Gasteiger partial charge is 0.308 e. The first-order valence-electron chi connectivity index (χ1n) is 6.39. The maximum absolute atomic E-state index is 11.9. The molecule has 0 bridgehead atoms. The van der Waals surface area contributed by atoms with Crippen molar-refractivity contribution in [2.75, 3.05) is 18.6 Å². The van der Waals surface area contributed by atoms with E-state index in [1.165, 1.54) is 6.92 Å². The third-order valence-electron chi connectivity index (χ3n) is 3.11. The van der Waals surface area contributed by atoms with Crippen LogP contribution in [-0.2, 0) is 16.0 Å². The minimum atomic E-state index is -0.383. The number of anilines is 1. The molecule has 0 unspecified atom stereocenters. The summed E-state index contributed by atoms with van der Waals surface area (Å²) in [6.45, 7) is 5.31. The van der Waals surface area contributed by atoms with Crippen LogP contribution in [0.15, 0.2) is 24.8 Å². The van der Waals surface area contributed by atoms with Crippen molar-refractivity contribution >= 4 is 17.6 Å². The molecule has 0 saturated carbocycles. The fraction of sp³-hybridized carbons (Fsp3) is 0.333. The van der Waals surface area contributed by atoms with Gasteiger partial charge < -0.3 is 14.4 Å². The Balaban J connectivity index is 2.49. The molecule has 2 rings (SSSR count). The van der Waals surface area contributed by atoms with Crippen LogP contribution in [0.1, 0.15) is 18.9 Å². The second kappa shape index (κ2) is 5.77. The van der Waals surface area contributed by atoms with Gasteiger partial charge in [0.25, 0.3) is 0 Å². The molecule has 1 heterocycles. The highest BCUT2D eigenvalue weighted by atomic mass is 16.5. The summed E-state index contributed by atoms with van der Waals surface area (Å²) in [6, 6.07) is 3.40. The van der Waals surface area contributed by atoms with E-state index in [-0.39, 0.29) is 11.9 Å². The van der Waals surface area contributed by atoms with Crippen LogP contribution in [0.5, 0.6) is 11.5 Å². The van der Waals surface area contributed by atoms with Crippen LogP contribution in [0.3, 0.4) is 0 Å². The Morgan fingerprint density at radius 1 is 1.40 bits per heavy atom. The zero-order valence-corrected chi connectivity index (χ0v) is 11.6. The number of carbonyl (C=O) groups excluding carboxylic acids is 2. The fourth-order valence-electron chi connectivity index (χ4n) is 2.25. The predicted octanol–water partition coefficient (Wildman–Crippen LogP) is 2.09. The molecule has 0 aromatic heterocycles. The molecule has 5 nitrogen and oxygen atoms in total. The number of esters is 1. The standard InChI is InChI=1S/C15H17NO4/c1-4-9-19-13-7-6-12(20-10(2)17)11-5-8-14(18)16(3)15(11)13/h4,6-7H,1,5,8-9H2,2-3H3. The first-order chi connectivity index (χ1) is 9.54. The van der Waals surface area contributed by atoms with Crippen LogP contribution in [0.25, 0.3) is 0 Å². The lowest BCUT2D eigenvalue weighted by Crippen LogP contribution is -2.32. The molecule has 1 aliphatic rings. The fourth-order valence-corrected chi connectivity index (χ4v) is 2.25. The summed E-state index contributed by atoms with van der Waals surface area (Å²) in [5.74, 6) is 0.705. The van der Waals surface area contributed by atoms with Gasteiger partial charge in [0.1, 0.15) is 18.1 Å². The van der Waals surface area contributed by atoms with Gasteiger partial charge in [-0.2, -0.15) is 0 Å². The number of hydrogen-bond donors (Lipinski definition) is 0. The highest BCUT2D eigenvalue weighted by molar-refractivity contribution is 5.98. The third kappa shape index (κ3) is 2.66. The molecule has 0 fully saturated rings. The Bertz CT molecular complexity index is 565. The zero-order valence-electron chi connectivity index (χ0n) is 11.6. The van der Waals surface area contributed by atoms with Gasteiger partial charge in [0.15, 0.2) is 0 Å². The van der Waals surface area contributed by atoms with Gasteiger partial charge >= 0.3 is 5.97 Å². The molecular weight excluding hydrogens is 258 g/mol. The maximum Gasteiger partial charge on any atom is 0.308 e. The van der Waals surface area contributed by atoms with Crippen molar-refractivity contribution in [2.45, 2.75) is 19.8 Å². The van der Waals surface area contributed by atoms with Crippen LogP contribution in [0.4, 0.5) is 5.69 Å². The third-order valence-corrected chi connectivity index (χ3v) is 3.11. The molecule has 1 aromatic rings. The minimum absolute atomic E-state index is 0.0147. The largest absolute Gasteiger partial charge is 0.487 e. The van der Waals surface area contributed by atoms with E-state index in [1.54, 1.807) is 30.2 Å². The molecule has 0 N–H and O–H groups in total.